The number of alkyl halides is 3. The van der Waals surface area contributed by atoms with Crippen molar-refractivity contribution in [1.29, 1.82) is 0 Å². The Morgan fingerprint density at radius 3 is 2.50 bits per heavy atom. The Hall–Kier alpha value is -1.11. The Morgan fingerprint density at radius 1 is 1.62 bits per heavy atom. The summed E-state index contributed by atoms with van der Waals surface area (Å²) in [6.07, 6.45) is -4.62. The van der Waals surface area contributed by atoms with Gasteiger partial charge in [0.15, 0.2) is 0 Å². The zero-order chi connectivity index (χ0) is 12.6. The van der Waals surface area contributed by atoms with E-state index >= 15 is 0 Å². The molecular formula is C9H13F3N2O2. The van der Waals surface area contributed by atoms with Gasteiger partial charge in [-0.15, -0.1) is 0 Å². The van der Waals surface area contributed by atoms with Crippen LogP contribution in [0.3, 0.4) is 0 Å². The van der Waals surface area contributed by atoms with Gasteiger partial charge in [0.1, 0.15) is 0 Å². The van der Waals surface area contributed by atoms with E-state index in [2.05, 4.69) is 5.10 Å². The molecule has 0 saturated carbocycles. The third-order valence-corrected chi connectivity index (χ3v) is 2.33. The van der Waals surface area contributed by atoms with Crippen molar-refractivity contribution in [3.63, 3.8) is 0 Å². The van der Waals surface area contributed by atoms with Gasteiger partial charge in [-0.3, -0.25) is 4.79 Å². The predicted molar refractivity (Wildman–Crippen MR) is 50.5 cm³/mol. The second-order valence-corrected chi connectivity index (χ2v) is 3.74. The van der Waals surface area contributed by atoms with Crippen molar-refractivity contribution in [3.05, 3.63) is 0 Å². The largest absolute Gasteiger partial charge is 0.438 e. The molecule has 0 aromatic rings. The minimum absolute atomic E-state index is 0.123. The maximum Gasteiger partial charge on any atom is 0.438 e. The van der Waals surface area contributed by atoms with E-state index in [1.807, 2.05) is 0 Å². The Bertz CT molecular complexity index is 327. The van der Waals surface area contributed by atoms with Gasteiger partial charge in [0.2, 0.25) is 5.91 Å². The van der Waals surface area contributed by atoms with E-state index in [9.17, 15) is 23.1 Å². The summed E-state index contributed by atoms with van der Waals surface area (Å²) < 4.78 is 38.0. The van der Waals surface area contributed by atoms with Crippen molar-refractivity contribution in [2.75, 3.05) is 0 Å². The number of nitrogens with zero attached hydrogens (tertiary/aromatic N) is 2. The average Bonchev–Trinajstić information content (AvgIpc) is 2.44. The molecule has 4 nitrogen and oxygen atoms in total. The van der Waals surface area contributed by atoms with Crippen LogP contribution in [0, 0.1) is 0 Å². The normalized spacial score (nSPS) is 25.9. The average molecular weight is 238 g/mol. The molecule has 0 radical (unpaired) electrons. The zero-order valence-electron chi connectivity index (χ0n) is 9.01. The van der Waals surface area contributed by atoms with Gasteiger partial charge in [0, 0.05) is 19.1 Å². The molecule has 1 heterocycles. The number of hydrogen-bond donors (Lipinski definition) is 1. The monoisotopic (exact) mass is 238 g/mol. The first-order valence-electron chi connectivity index (χ1n) is 4.88. The Morgan fingerprint density at radius 2 is 2.19 bits per heavy atom. The second kappa shape index (κ2) is 4.04. The minimum atomic E-state index is -4.91. The van der Waals surface area contributed by atoms with E-state index in [0.717, 1.165) is 6.92 Å². The number of carbonyl (C=O) groups excluding carboxylic acids is 1. The SMILES string of the molecule is CCCC1=NN(C(C)=O)[C@@](O)(C(F)(F)F)C1. The van der Waals surface area contributed by atoms with Crippen LogP contribution in [-0.2, 0) is 4.79 Å². The molecule has 7 heteroatoms. The number of hydrogen-bond acceptors (Lipinski definition) is 3. The molecule has 1 aliphatic heterocycles. The van der Waals surface area contributed by atoms with E-state index in [1.165, 1.54) is 0 Å². The lowest BCUT2D eigenvalue weighted by atomic mass is 10.0. The summed E-state index contributed by atoms with van der Waals surface area (Å²) in [6, 6.07) is 0. The molecule has 0 unspecified atom stereocenters. The Kier molecular flexibility index (Phi) is 3.27. The second-order valence-electron chi connectivity index (χ2n) is 3.74. The summed E-state index contributed by atoms with van der Waals surface area (Å²) in [6.45, 7) is 2.72. The van der Waals surface area contributed by atoms with Crippen LogP contribution < -0.4 is 0 Å². The first kappa shape index (κ1) is 13.0. The molecule has 0 aromatic heterocycles. The summed E-state index contributed by atoms with van der Waals surface area (Å²) in [7, 11) is 0. The number of amides is 1. The fourth-order valence-electron chi connectivity index (χ4n) is 1.60. The van der Waals surface area contributed by atoms with Crippen LogP contribution >= 0.6 is 0 Å². The predicted octanol–water partition coefficient (Wildman–Crippen LogP) is 1.65. The van der Waals surface area contributed by atoms with Crippen LogP contribution in [0.2, 0.25) is 0 Å². The van der Waals surface area contributed by atoms with E-state index in [0.29, 0.717) is 12.8 Å². The quantitative estimate of drug-likeness (QED) is 0.795. The van der Waals surface area contributed by atoms with Crippen molar-refractivity contribution in [3.8, 4) is 0 Å². The summed E-state index contributed by atoms with van der Waals surface area (Å²) in [5, 5.41) is 13.2. The molecule has 0 aliphatic carbocycles. The number of carbonyl (C=O) groups is 1. The fourth-order valence-corrected chi connectivity index (χ4v) is 1.60. The smallest absolute Gasteiger partial charge is 0.362 e. The van der Waals surface area contributed by atoms with Gasteiger partial charge in [-0.1, -0.05) is 13.3 Å². The highest BCUT2D eigenvalue weighted by Gasteiger charge is 2.62. The molecule has 16 heavy (non-hydrogen) atoms. The van der Waals surface area contributed by atoms with E-state index in [-0.39, 0.29) is 10.7 Å². The lowest BCUT2D eigenvalue weighted by Gasteiger charge is -2.31. The maximum absolute atomic E-state index is 12.7. The topological polar surface area (TPSA) is 52.9 Å². The van der Waals surface area contributed by atoms with Crippen molar-refractivity contribution in [1.82, 2.24) is 5.01 Å². The highest BCUT2D eigenvalue weighted by molar-refractivity contribution is 5.90. The van der Waals surface area contributed by atoms with Gasteiger partial charge in [-0.25, -0.2) is 0 Å². The molecule has 1 amide bonds. The van der Waals surface area contributed by atoms with Gasteiger partial charge in [-0.2, -0.15) is 23.3 Å². The summed E-state index contributed by atoms with van der Waals surface area (Å²) in [5.74, 6) is -0.925. The maximum atomic E-state index is 12.7. The molecule has 0 bridgehead atoms. The van der Waals surface area contributed by atoms with Gasteiger partial charge < -0.3 is 5.11 Å². The number of rotatable bonds is 2. The van der Waals surface area contributed by atoms with Crippen molar-refractivity contribution >= 4 is 11.6 Å². The molecule has 0 fully saturated rings. The van der Waals surface area contributed by atoms with Crippen molar-refractivity contribution < 1.29 is 23.1 Å². The summed E-state index contributed by atoms with van der Waals surface area (Å²) >= 11 is 0. The molecule has 92 valence electrons. The van der Waals surface area contributed by atoms with Gasteiger partial charge in [-0.05, 0) is 6.42 Å². The third kappa shape index (κ3) is 2.04. The fraction of sp³-hybridized carbons (Fsp3) is 0.778. The van der Waals surface area contributed by atoms with Crippen LogP contribution in [0.1, 0.15) is 33.1 Å². The van der Waals surface area contributed by atoms with Crippen molar-refractivity contribution in [2.24, 2.45) is 5.10 Å². The Balaban J connectivity index is 3.02. The first-order valence-corrected chi connectivity index (χ1v) is 4.88. The first-order chi connectivity index (χ1) is 7.22. The van der Waals surface area contributed by atoms with Crippen LogP contribution in [0.4, 0.5) is 13.2 Å². The molecule has 0 saturated heterocycles. The van der Waals surface area contributed by atoms with Crippen LogP contribution in [0.5, 0.6) is 0 Å². The standard InChI is InChI=1S/C9H13F3N2O2/c1-3-4-7-5-8(16,9(10,11)12)14(13-7)6(2)15/h16H,3-5H2,1-2H3/t8-/m0/s1. The van der Waals surface area contributed by atoms with E-state index in [1.54, 1.807) is 6.92 Å². The molecule has 1 aliphatic rings. The highest BCUT2D eigenvalue weighted by atomic mass is 19.4. The van der Waals surface area contributed by atoms with Crippen LogP contribution in [0.25, 0.3) is 0 Å². The minimum Gasteiger partial charge on any atom is -0.362 e. The molecule has 1 atom stereocenters. The van der Waals surface area contributed by atoms with E-state index < -0.39 is 24.2 Å². The van der Waals surface area contributed by atoms with Gasteiger partial charge in [0.25, 0.3) is 5.72 Å². The summed E-state index contributed by atoms with van der Waals surface area (Å²) in [5.41, 5.74) is -2.99. The van der Waals surface area contributed by atoms with E-state index in [4.69, 9.17) is 0 Å². The number of halogens is 3. The molecule has 1 rings (SSSR count). The lowest BCUT2D eigenvalue weighted by Crippen LogP contribution is -2.56. The molecule has 1 N–H and O–H groups in total. The number of hydrazone groups is 1. The summed E-state index contributed by atoms with van der Waals surface area (Å²) in [4.78, 5) is 11.0. The lowest BCUT2D eigenvalue weighted by molar-refractivity contribution is -0.302. The molecular weight excluding hydrogens is 225 g/mol. The van der Waals surface area contributed by atoms with Crippen LogP contribution in [-0.4, -0.2) is 33.6 Å². The molecule has 0 spiro atoms. The van der Waals surface area contributed by atoms with Gasteiger partial charge >= 0.3 is 6.18 Å². The highest BCUT2D eigenvalue weighted by Crippen LogP contribution is 2.40. The number of aliphatic hydroxyl groups is 1. The molecule has 0 aromatic carbocycles. The van der Waals surface area contributed by atoms with Gasteiger partial charge in [0.05, 0.1) is 0 Å². The third-order valence-electron chi connectivity index (χ3n) is 2.33. The van der Waals surface area contributed by atoms with Crippen molar-refractivity contribution in [2.45, 2.75) is 45.0 Å². The Labute approximate surface area is 90.7 Å². The van der Waals surface area contributed by atoms with Crippen LogP contribution in [0.15, 0.2) is 5.10 Å². The zero-order valence-corrected chi connectivity index (χ0v) is 9.01.